The van der Waals surface area contributed by atoms with Crippen molar-refractivity contribution in [3.8, 4) is 17.2 Å². The fraction of sp³-hybridized carbons (Fsp3) is 0.424. The molecule has 4 aromatic rings. The number of H-pyrrole nitrogens is 1. The zero-order valence-electron chi connectivity index (χ0n) is 24.9. The number of aromatic hydroxyl groups is 3. The number of fused-ring (bicyclic) bond motifs is 2. The van der Waals surface area contributed by atoms with Crippen molar-refractivity contribution in [1.82, 2.24) is 14.8 Å². The summed E-state index contributed by atoms with van der Waals surface area (Å²) in [4.78, 5) is 18.8. The summed E-state index contributed by atoms with van der Waals surface area (Å²) in [6.45, 7) is 7.30. The van der Waals surface area contributed by atoms with Crippen LogP contribution in [0.4, 0.5) is 0 Å². The number of hydrogen-bond acceptors (Lipinski definition) is 10. The molecular formula is C33H41N3O8. The smallest absolute Gasteiger partial charge is 0.248 e. The van der Waals surface area contributed by atoms with Gasteiger partial charge in [-0.3, -0.25) is 14.6 Å². The molecule has 1 fully saturated rings. The van der Waals surface area contributed by atoms with Crippen molar-refractivity contribution in [3.05, 3.63) is 76.1 Å². The number of pyridine rings is 1. The SMILES string of the molecule is O=c1ccc2ccc(CN3CCOCCOCCN(Cc4ccc5ccc(O)cc5c4O)CCOCCOCC3)c(O)c2[nH]1. The van der Waals surface area contributed by atoms with Crippen LogP contribution in [-0.4, -0.2) is 109 Å². The average molecular weight is 608 g/mol. The molecule has 236 valence electrons. The Labute approximate surface area is 256 Å². The molecule has 11 heteroatoms. The lowest BCUT2D eigenvalue weighted by atomic mass is 10.0. The Kier molecular flexibility index (Phi) is 11.4. The standard InChI is InChI=1S/C33H41N3O8/c37-28-7-5-24-1-3-26(32(39)29(24)21-28)22-35-9-13-41-17-19-43-15-11-36(12-16-44-20-18-42-14-10-35)23-27-4-2-25-6-8-30(38)34-31(25)33(27)40/h1-8,21,37,39-40H,9-20,22-23H2,(H,34,38). The predicted molar refractivity (Wildman–Crippen MR) is 167 cm³/mol. The van der Waals surface area contributed by atoms with E-state index < -0.39 is 0 Å². The molecule has 1 saturated heterocycles. The minimum Gasteiger partial charge on any atom is -0.508 e. The lowest BCUT2D eigenvalue weighted by Crippen LogP contribution is -2.32. The van der Waals surface area contributed by atoms with E-state index in [1.54, 1.807) is 24.3 Å². The van der Waals surface area contributed by atoms with Gasteiger partial charge in [-0.1, -0.05) is 30.3 Å². The number of aromatic amines is 1. The molecule has 1 aromatic heterocycles. The third-order valence-electron chi connectivity index (χ3n) is 7.76. The van der Waals surface area contributed by atoms with Gasteiger partial charge in [0.15, 0.2) is 0 Å². The van der Waals surface area contributed by atoms with Crippen LogP contribution >= 0.6 is 0 Å². The van der Waals surface area contributed by atoms with E-state index in [0.29, 0.717) is 109 Å². The van der Waals surface area contributed by atoms with E-state index in [2.05, 4.69) is 14.8 Å². The monoisotopic (exact) mass is 607 g/mol. The van der Waals surface area contributed by atoms with Crippen molar-refractivity contribution >= 4 is 21.7 Å². The quantitative estimate of drug-likeness (QED) is 0.274. The number of phenols is 3. The first kappa shape index (κ1) is 31.7. The van der Waals surface area contributed by atoms with Crippen molar-refractivity contribution < 1.29 is 34.3 Å². The number of aromatic nitrogens is 1. The lowest BCUT2D eigenvalue weighted by Gasteiger charge is -2.24. The van der Waals surface area contributed by atoms with Crippen molar-refractivity contribution in [2.24, 2.45) is 0 Å². The van der Waals surface area contributed by atoms with Gasteiger partial charge in [0, 0.05) is 67.2 Å². The normalized spacial score (nSPS) is 17.8. The molecule has 1 aliphatic rings. The summed E-state index contributed by atoms with van der Waals surface area (Å²) in [5.41, 5.74) is 1.66. The fourth-order valence-corrected chi connectivity index (χ4v) is 5.28. The van der Waals surface area contributed by atoms with E-state index in [1.165, 1.54) is 6.07 Å². The second-order valence-corrected chi connectivity index (χ2v) is 10.8. The van der Waals surface area contributed by atoms with Crippen LogP contribution in [0, 0.1) is 0 Å². The molecule has 11 nitrogen and oxygen atoms in total. The number of ether oxygens (including phenoxy) is 4. The summed E-state index contributed by atoms with van der Waals surface area (Å²) in [5, 5.41) is 33.9. The number of phenolic OH excluding ortho intramolecular Hbond substituents is 3. The summed E-state index contributed by atoms with van der Waals surface area (Å²) in [6, 6.07) is 15.7. The van der Waals surface area contributed by atoms with Gasteiger partial charge < -0.3 is 39.3 Å². The molecule has 4 N–H and O–H groups in total. The van der Waals surface area contributed by atoms with E-state index in [4.69, 9.17) is 18.9 Å². The van der Waals surface area contributed by atoms with Crippen LogP contribution in [0.15, 0.2) is 59.4 Å². The van der Waals surface area contributed by atoms with Crippen LogP contribution in [0.25, 0.3) is 21.7 Å². The molecule has 0 amide bonds. The number of nitrogens with zero attached hydrogens (tertiary/aromatic N) is 2. The first-order valence-corrected chi connectivity index (χ1v) is 15.0. The molecule has 2 heterocycles. The Bertz CT molecular complexity index is 1560. The molecule has 0 atom stereocenters. The molecule has 0 saturated carbocycles. The molecule has 1 aliphatic heterocycles. The van der Waals surface area contributed by atoms with Crippen molar-refractivity contribution in [3.63, 3.8) is 0 Å². The molecule has 44 heavy (non-hydrogen) atoms. The van der Waals surface area contributed by atoms with Crippen LogP contribution in [-0.2, 0) is 32.0 Å². The number of rotatable bonds is 4. The Balaban J connectivity index is 1.14. The Morgan fingerprint density at radius 3 is 1.64 bits per heavy atom. The number of hydrogen-bond donors (Lipinski definition) is 4. The van der Waals surface area contributed by atoms with Gasteiger partial charge in [-0.25, -0.2) is 0 Å². The van der Waals surface area contributed by atoms with Gasteiger partial charge >= 0.3 is 0 Å². The summed E-state index contributed by atoms with van der Waals surface area (Å²) >= 11 is 0. The van der Waals surface area contributed by atoms with Crippen molar-refractivity contribution in [2.75, 3.05) is 79.0 Å². The lowest BCUT2D eigenvalue weighted by molar-refractivity contribution is 0.00613. The summed E-state index contributed by atoms with van der Waals surface area (Å²) < 4.78 is 23.4. The van der Waals surface area contributed by atoms with Gasteiger partial charge in [0.25, 0.3) is 0 Å². The van der Waals surface area contributed by atoms with E-state index in [1.807, 2.05) is 24.3 Å². The Morgan fingerprint density at radius 1 is 0.591 bits per heavy atom. The number of benzene rings is 3. The molecule has 0 unspecified atom stereocenters. The maximum Gasteiger partial charge on any atom is 0.248 e. The topological polar surface area (TPSA) is 137 Å². The summed E-state index contributed by atoms with van der Waals surface area (Å²) in [7, 11) is 0. The zero-order chi connectivity index (χ0) is 30.7. The molecule has 0 aliphatic carbocycles. The van der Waals surface area contributed by atoms with Crippen LogP contribution in [0.3, 0.4) is 0 Å². The highest BCUT2D eigenvalue weighted by Gasteiger charge is 2.15. The molecule has 5 rings (SSSR count). The van der Waals surface area contributed by atoms with E-state index in [-0.39, 0.29) is 22.8 Å². The second-order valence-electron chi connectivity index (χ2n) is 10.8. The minimum atomic E-state index is -0.258. The van der Waals surface area contributed by atoms with Crippen LogP contribution in [0.5, 0.6) is 17.2 Å². The molecule has 3 aromatic carbocycles. The third kappa shape index (κ3) is 8.69. The van der Waals surface area contributed by atoms with E-state index in [0.717, 1.165) is 16.3 Å². The molecule has 0 spiro atoms. The summed E-state index contributed by atoms with van der Waals surface area (Å²) in [6.07, 6.45) is 0. The third-order valence-corrected chi connectivity index (χ3v) is 7.76. The Hall–Kier alpha value is -3.71. The van der Waals surface area contributed by atoms with Crippen LogP contribution in [0.2, 0.25) is 0 Å². The Morgan fingerprint density at radius 2 is 1.07 bits per heavy atom. The van der Waals surface area contributed by atoms with Crippen molar-refractivity contribution in [1.29, 1.82) is 0 Å². The van der Waals surface area contributed by atoms with Crippen LogP contribution in [0.1, 0.15) is 11.1 Å². The fourth-order valence-electron chi connectivity index (χ4n) is 5.28. The highest BCUT2D eigenvalue weighted by atomic mass is 16.5. The van der Waals surface area contributed by atoms with Gasteiger partial charge in [0.1, 0.15) is 17.2 Å². The second kappa shape index (κ2) is 15.8. The molecule has 0 radical (unpaired) electrons. The molecule has 0 bridgehead atoms. The van der Waals surface area contributed by atoms with Gasteiger partial charge in [-0.05, 0) is 23.6 Å². The first-order chi connectivity index (χ1) is 21.5. The van der Waals surface area contributed by atoms with E-state index >= 15 is 0 Å². The summed E-state index contributed by atoms with van der Waals surface area (Å²) in [5.74, 6) is 0.358. The number of nitrogens with one attached hydrogen (secondary N) is 1. The predicted octanol–water partition coefficient (Wildman–Crippen LogP) is 3.18. The minimum absolute atomic E-state index is 0.0764. The largest absolute Gasteiger partial charge is 0.508 e. The average Bonchev–Trinajstić information content (AvgIpc) is 3.02. The van der Waals surface area contributed by atoms with Gasteiger partial charge in [-0.15, -0.1) is 0 Å². The zero-order valence-corrected chi connectivity index (χ0v) is 24.9. The maximum absolute atomic E-state index is 11.8. The van der Waals surface area contributed by atoms with Gasteiger partial charge in [0.05, 0.1) is 58.4 Å². The van der Waals surface area contributed by atoms with Gasteiger partial charge in [-0.2, -0.15) is 0 Å². The van der Waals surface area contributed by atoms with E-state index in [9.17, 15) is 20.1 Å². The first-order valence-electron chi connectivity index (χ1n) is 15.0. The van der Waals surface area contributed by atoms with Gasteiger partial charge in [0.2, 0.25) is 5.56 Å². The molecular weight excluding hydrogens is 566 g/mol. The van der Waals surface area contributed by atoms with Crippen molar-refractivity contribution in [2.45, 2.75) is 13.1 Å². The maximum atomic E-state index is 11.8. The van der Waals surface area contributed by atoms with Crippen LogP contribution < -0.4 is 5.56 Å². The highest BCUT2D eigenvalue weighted by molar-refractivity contribution is 5.90. The highest BCUT2D eigenvalue weighted by Crippen LogP contribution is 2.32.